The van der Waals surface area contributed by atoms with Gasteiger partial charge in [-0.3, -0.25) is 0 Å². The Morgan fingerprint density at radius 1 is 0.408 bits per heavy atom. The standard InChI is InChI=1S/2C17H24O7.Ti/c2*1-8(2)22-12-7-11(16(18)19)13(17(20)21)15(24-10(5)6)14(12)23-9(3)4;/h2*7-10H,1-6H3,(H,18,19)(H,20,21);/q;;+4/p-4. The number of hydrogen-bond donors (Lipinski definition) is 0. The van der Waals surface area contributed by atoms with E-state index in [0.717, 1.165) is 12.1 Å². The molecule has 0 unspecified atom stereocenters. The molecule has 2 aromatic carbocycles. The molecule has 0 aromatic heterocycles. The fourth-order valence-corrected chi connectivity index (χ4v) is 4.03. The van der Waals surface area contributed by atoms with Gasteiger partial charge in [-0.05, 0) is 95.2 Å². The average Bonchev–Trinajstić information content (AvgIpc) is 2.89. The first kappa shape index (κ1) is 44.8. The number of carboxylic acids is 4. The van der Waals surface area contributed by atoms with Crippen LogP contribution in [0.2, 0.25) is 0 Å². The molecule has 0 aliphatic heterocycles. The maximum absolute atomic E-state index is 11.5. The largest absolute Gasteiger partial charge is 4.00 e. The van der Waals surface area contributed by atoms with Crippen LogP contribution in [0.1, 0.15) is 125 Å². The maximum Gasteiger partial charge on any atom is 4.00 e. The van der Waals surface area contributed by atoms with Crippen molar-refractivity contribution in [2.24, 2.45) is 0 Å². The van der Waals surface area contributed by atoms with Crippen molar-refractivity contribution in [2.45, 2.75) is 120 Å². The van der Waals surface area contributed by atoms with Crippen molar-refractivity contribution in [3.05, 3.63) is 34.4 Å². The molecule has 0 saturated heterocycles. The number of aromatic carboxylic acids is 4. The molecule has 0 aliphatic rings. The first-order valence-electron chi connectivity index (χ1n) is 15.4. The molecule has 49 heavy (non-hydrogen) atoms. The Morgan fingerprint density at radius 3 is 0.816 bits per heavy atom. The molecule has 0 aliphatic carbocycles. The SMILES string of the molecule is CC(C)Oc1cc(C(=O)[O-])c(C(=O)[O-])c(OC(C)C)c1OC(C)C.CC(C)Oc1cc(C(=O)[O-])c(C(=O)[O-])c(OC(C)C)c1OC(C)C.[Ti+4]. The van der Waals surface area contributed by atoms with Gasteiger partial charge in [0.05, 0.1) is 71.6 Å². The second-order valence-electron chi connectivity index (χ2n) is 12.1. The van der Waals surface area contributed by atoms with E-state index in [4.69, 9.17) is 28.4 Å². The number of carboxylic acid groups (broad SMARTS) is 4. The predicted molar refractivity (Wildman–Crippen MR) is 165 cm³/mol. The third-order valence-electron chi connectivity index (χ3n) is 5.39. The number of carbonyl (C=O) groups excluding carboxylic acids is 4. The number of hydrogen-bond acceptors (Lipinski definition) is 14. The van der Waals surface area contributed by atoms with E-state index >= 15 is 0 Å². The van der Waals surface area contributed by atoms with Crippen molar-refractivity contribution in [2.75, 3.05) is 0 Å². The monoisotopic (exact) mass is 724 g/mol. The molecule has 14 nitrogen and oxygen atoms in total. The Balaban J connectivity index is 0.000000922. The Labute approximate surface area is 301 Å². The van der Waals surface area contributed by atoms with Gasteiger partial charge in [0.15, 0.2) is 23.0 Å². The summed E-state index contributed by atoms with van der Waals surface area (Å²) in [4.78, 5) is 45.8. The second kappa shape index (κ2) is 19.7. The van der Waals surface area contributed by atoms with E-state index in [0.29, 0.717) is 0 Å². The summed E-state index contributed by atoms with van der Waals surface area (Å²) in [6.07, 6.45) is -2.09. The zero-order chi connectivity index (χ0) is 37.2. The molecule has 0 fully saturated rings. The van der Waals surface area contributed by atoms with Gasteiger partial charge >= 0.3 is 21.7 Å². The van der Waals surface area contributed by atoms with E-state index in [9.17, 15) is 39.6 Å². The van der Waals surface area contributed by atoms with Crippen LogP contribution >= 0.6 is 0 Å². The van der Waals surface area contributed by atoms with Gasteiger partial charge in [-0.15, -0.1) is 0 Å². The third kappa shape index (κ3) is 13.3. The fourth-order valence-electron chi connectivity index (χ4n) is 4.03. The normalized spacial score (nSPS) is 10.8. The molecule has 268 valence electrons. The molecular weight excluding hydrogens is 680 g/mol. The van der Waals surface area contributed by atoms with Crippen LogP contribution in [-0.4, -0.2) is 60.5 Å². The topological polar surface area (TPSA) is 216 Å². The molecule has 0 atom stereocenters. The molecule has 0 spiro atoms. The summed E-state index contributed by atoms with van der Waals surface area (Å²) >= 11 is 0. The molecule has 0 heterocycles. The van der Waals surface area contributed by atoms with E-state index in [1.165, 1.54) is 0 Å². The molecule has 0 bridgehead atoms. The van der Waals surface area contributed by atoms with Crippen LogP contribution in [0.15, 0.2) is 12.1 Å². The van der Waals surface area contributed by atoms with Crippen LogP contribution in [0.5, 0.6) is 34.5 Å². The summed E-state index contributed by atoms with van der Waals surface area (Å²) in [5, 5.41) is 45.8. The molecular formula is C34H44O14Ti. The van der Waals surface area contributed by atoms with Crippen molar-refractivity contribution >= 4 is 23.9 Å². The van der Waals surface area contributed by atoms with Crippen LogP contribution in [0.4, 0.5) is 0 Å². The summed E-state index contributed by atoms with van der Waals surface area (Å²) < 4.78 is 33.5. The minimum Gasteiger partial charge on any atom is -0.545 e. The maximum atomic E-state index is 11.5. The van der Waals surface area contributed by atoms with Gasteiger partial charge in [0.1, 0.15) is 0 Å². The third-order valence-corrected chi connectivity index (χ3v) is 5.39. The summed E-state index contributed by atoms with van der Waals surface area (Å²) in [5.74, 6) is -7.04. The van der Waals surface area contributed by atoms with Crippen molar-refractivity contribution < 1.29 is 89.7 Å². The number of benzene rings is 2. The molecule has 0 radical (unpaired) electrons. The van der Waals surface area contributed by atoms with Gasteiger partial charge in [-0.1, -0.05) is 0 Å². The van der Waals surface area contributed by atoms with E-state index < -0.39 is 58.3 Å². The van der Waals surface area contributed by atoms with E-state index in [1.807, 2.05) is 0 Å². The Hall–Kier alpha value is -4.17. The first-order valence-corrected chi connectivity index (χ1v) is 15.4. The van der Waals surface area contributed by atoms with Crippen molar-refractivity contribution in [1.29, 1.82) is 0 Å². The summed E-state index contributed by atoms with van der Waals surface area (Å²) in [6.45, 7) is 20.6. The molecule has 2 aromatic rings. The predicted octanol–water partition coefficient (Wildman–Crippen LogP) is 1.55. The summed E-state index contributed by atoms with van der Waals surface area (Å²) in [6, 6.07) is 2.12. The van der Waals surface area contributed by atoms with Crippen LogP contribution < -0.4 is 48.8 Å². The van der Waals surface area contributed by atoms with E-state index in [2.05, 4.69) is 0 Å². The first-order chi connectivity index (χ1) is 22.1. The summed E-state index contributed by atoms with van der Waals surface area (Å²) in [5.41, 5.74) is -2.43. The smallest absolute Gasteiger partial charge is 0.545 e. The van der Waals surface area contributed by atoms with Crippen LogP contribution in [0, 0.1) is 0 Å². The van der Waals surface area contributed by atoms with Gasteiger partial charge in [0, 0.05) is 11.1 Å². The second-order valence-corrected chi connectivity index (χ2v) is 12.1. The number of carbonyl (C=O) groups is 4. The van der Waals surface area contributed by atoms with Gasteiger partial charge in [0.25, 0.3) is 0 Å². The Kier molecular flexibility index (Phi) is 18.1. The van der Waals surface area contributed by atoms with E-state index in [-0.39, 0.29) is 80.6 Å². The van der Waals surface area contributed by atoms with Crippen molar-refractivity contribution in [1.82, 2.24) is 0 Å². The number of rotatable bonds is 16. The molecule has 15 heteroatoms. The molecule has 0 saturated carbocycles. The zero-order valence-electron chi connectivity index (χ0n) is 29.8. The van der Waals surface area contributed by atoms with Crippen LogP contribution in [0.3, 0.4) is 0 Å². The quantitative estimate of drug-likeness (QED) is 0.225. The van der Waals surface area contributed by atoms with E-state index in [1.54, 1.807) is 83.1 Å². The minimum atomic E-state index is -1.70. The van der Waals surface area contributed by atoms with Crippen LogP contribution in [-0.2, 0) is 21.7 Å². The average molecular weight is 725 g/mol. The molecule has 0 N–H and O–H groups in total. The van der Waals surface area contributed by atoms with Crippen LogP contribution in [0.25, 0.3) is 0 Å². The summed E-state index contributed by atoms with van der Waals surface area (Å²) in [7, 11) is 0. The molecule has 0 amide bonds. The zero-order valence-corrected chi connectivity index (χ0v) is 31.4. The number of ether oxygens (including phenoxy) is 6. The molecule has 2 rings (SSSR count). The van der Waals surface area contributed by atoms with Gasteiger partial charge in [-0.2, -0.15) is 0 Å². The fraction of sp³-hybridized carbons (Fsp3) is 0.529. The Bertz CT molecular complexity index is 1350. The van der Waals surface area contributed by atoms with Crippen molar-refractivity contribution in [3.8, 4) is 34.5 Å². The minimum absolute atomic E-state index is 0. The van der Waals surface area contributed by atoms with Crippen molar-refractivity contribution in [3.63, 3.8) is 0 Å². The Morgan fingerprint density at radius 2 is 0.633 bits per heavy atom. The van der Waals surface area contributed by atoms with Gasteiger partial charge in [0.2, 0.25) is 11.5 Å². The van der Waals surface area contributed by atoms with Gasteiger partial charge in [-0.25, -0.2) is 0 Å². The van der Waals surface area contributed by atoms with Gasteiger partial charge < -0.3 is 68.0 Å².